The Labute approximate surface area is 147 Å². The maximum absolute atomic E-state index is 13.7. The van der Waals surface area contributed by atoms with E-state index < -0.39 is 0 Å². The predicted molar refractivity (Wildman–Crippen MR) is 95.2 cm³/mol. The molecule has 1 aromatic rings. The van der Waals surface area contributed by atoms with E-state index in [9.17, 15) is 4.39 Å². The third-order valence-corrected chi connectivity index (χ3v) is 4.21. The van der Waals surface area contributed by atoms with Gasteiger partial charge >= 0.3 is 0 Å². The number of nitrogens with zero attached hydrogens (tertiary/aromatic N) is 1. The zero-order valence-electron chi connectivity index (χ0n) is 11.9. The van der Waals surface area contributed by atoms with Crippen LogP contribution in [0.2, 0.25) is 0 Å². The van der Waals surface area contributed by atoms with E-state index in [-0.39, 0.29) is 36.7 Å². The van der Waals surface area contributed by atoms with Crippen LogP contribution in [0.25, 0.3) is 0 Å². The third kappa shape index (κ3) is 5.87. The highest BCUT2D eigenvalue weighted by Gasteiger charge is 2.22. The summed E-state index contributed by atoms with van der Waals surface area (Å²) in [6, 6.07) is 5.75. The van der Waals surface area contributed by atoms with E-state index in [2.05, 4.69) is 32.7 Å². The normalized spacial score (nSPS) is 16.5. The van der Waals surface area contributed by atoms with Crippen molar-refractivity contribution in [3.8, 4) is 0 Å². The summed E-state index contributed by atoms with van der Waals surface area (Å²) in [5.74, 6) is -0.184. The molecule has 0 bridgehead atoms. The van der Waals surface area contributed by atoms with Crippen molar-refractivity contribution in [3.05, 3.63) is 46.7 Å². The van der Waals surface area contributed by atoms with Crippen LogP contribution >= 0.6 is 40.7 Å². The van der Waals surface area contributed by atoms with Gasteiger partial charge in [0.05, 0.1) is 4.47 Å². The van der Waals surface area contributed by atoms with Crippen LogP contribution in [0.1, 0.15) is 24.4 Å². The molecule has 120 valence electrons. The van der Waals surface area contributed by atoms with E-state index in [1.165, 1.54) is 0 Å². The SMILES string of the molecule is C=CCC[C@H](c1ccc(Br)c(F)c1)N1CCNCC1.Cl.Cl. The number of allylic oxidation sites excluding steroid dienone is 1. The van der Waals surface area contributed by atoms with Crippen molar-refractivity contribution in [2.45, 2.75) is 18.9 Å². The fraction of sp³-hybridized carbons (Fsp3) is 0.467. The number of nitrogens with one attached hydrogen (secondary N) is 1. The smallest absolute Gasteiger partial charge is 0.137 e. The van der Waals surface area contributed by atoms with Gasteiger partial charge in [-0.05, 0) is 46.5 Å². The summed E-state index contributed by atoms with van der Waals surface area (Å²) in [6.45, 7) is 7.82. The van der Waals surface area contributed by atoms with Crippen molar-refractivity contribution in [1.82, 2.24) is 10.2 Å². The van der Waals surface area contributed by atoms with E-state index in [1.807, 2.05) is 12.1 Å². The van der Waals surface area contributed by atoms with E-state index in [0.717, 1.165) is 44.6 Å². The van der Waals surface area contributed by atoms with Crippen LogP contribution < -0.4 is 5.32 Å². The number of halogens is 4. The van der Waals surface area contributed by atoms with E-state index in [4.69, 9.17) is 0 Å². The summed E-state index contributed by atoms with van der Waals surface area (Å²) >= 11 is 3.21. The lowest BCUT2D eigenvalue weighted by Crippen LogP contribution is -2.45. The standard InChI is InChI=1S/C15H20BrFN2.2ClH/c1-2-3-4-15(19-9-7-18-8-10-19)12-5-6-13(16)14(17)11-12;;/h2,5-6,11,15,18H,1,3-4,7-10H2;2*1H/t15-;;/m1../s1. The molecule has 1 aromatic carbocycles. The van der Waals surface area contributed by atoms with Gasteiger partial charge in [0.25, 0.3) is 0 Å². The lowest BCUT2D eigenvalue weighted by Gasteiger charge is -2.35. The van der Waals surface area contributed by atoms with E-state index >= 15 is 0 Å². The Bertz CT molecular complexity index is 440. The summed E-state index contributed by atoms with van der Waals surface area (Å²) in [4.78, 5) is 2.43. The van der Waals surface area contributed by atoms with Crippen LogP contribution in [0.15, 0.2) is 35.3 Å². The molecule has 0 aliphatic carbocycles. The lowest BCUT2D eigenvalue weighted by molar-refractivity contribution is 0.166. The lowest BCUT2D eigenvalue weighted by atomic mass is 9.99. The monoisotopic (exact) mass is 398 g/mol. The number of piperazine rings is 1. The molecule has 21 heavy (non-hydrogen) atoms. The Hall–Kier alpha value is -0.130. The highest BCUT2D eigenvalue weighted by molar-refractivity contribution is 9.10. The highest BCUT2D eigenvalue weighted by Crippen LogP contribution is 2.28. The van der Waals surface area contributed by atoms with Crippen LogP contribution in [0.5, 0.6) is 0 Å². The highest BCUT2D eigenvalue weighted by atomic mass is 79.9. The Balaban J connectivity index is 0.00000200. The van der Waals surface area contributed by atoms with Gasteiger partial charge in [0.2, 0.25) is 0 Å². The molecule has 0 amide bonds. The molecular weight excluding hydrogens is 378 g/mol. The topological polar surface area (TPSA) is 15.3 Å². The molecule has 1 heterocycles. The summed E-state index contributed by atoms with van der Waals surface area (Å²) in [7, 11) is 0. The molecule has 0 saturated carbocycles. The first kappa shape index (κ1) is 20.9. The van der Waals surface area contributed by atoms with Crippen molar-refractivity contribution >= 4 is 40.7 Å². The predicted octanol–water partition coefficient (Wildman–Crippen LogP) is 4.34. The Morgan fingerprint density at radius 2 is 2.00 bits per heavy atom. The number of rotatable bonds is 5. The molecule has 1 aliphatic heterocycles. The second-order valence-corrected chi connectivity index (χ2v) is 5.70. The van der Waals surface area contributed by atoms with Crippen LogP contribution in [-0.2, 0) is 0 Å². The van der Waals surface area contributed by atoms with Crippen LogP contribution in [0.3, 0.4) is 0 Å². The molecule has 0 unspecified atom stereocenters. The van der Waals surface area contributed by atoms with Crippen molar-refractivity contribution in [1.29, 1.82) is 0 Å². The maximum Gasteiger partial charge on any atom is 0.137 e. The summed E-state index contributed by atoms with van der Waals surface area (Å²) < 4.78 is 14.3. The van der Waals surface area contributed by atoms with Crippen LogP contribution in [0.4, 0.5) is 4.39 Å². The molecule has 1 fully saturated rings. The molecule has 0 radical (unpaired) electrons. The minimum absolute atomic E-state index is 0. The Morgan fingerprint density at radius 3 is 2.57 bits per heavy atom. The average molecular weight is 400 g/mol. The minimum atomic E-state index is -0.184. The van der Waals surface area contributed by atoms with Gasteiger partial charge < -0.3 is 5.32 Å². The van der Waals surface area contributed by atoms with Gasteiger partial charge in [-0.2, -0.15) is 0 Å². The molecular formula is C15H22BrCl2FN2. The zero-order chi connectivity index (χ0) is 13.7. The van der Waals surface area contributed by atoms with Crippen molar-refractivity contribution in [2.75, 3.05) is 26.2 Å². The fourth-order valence-corrected chi connectivity index (χ4v) is 2.80. The first-order chi connectivity index (χ1) is 9.22. The second kappa shape index (κ2) is 10.6. The largest absolute Gasteiger partial charge is 0.314 e. The van der Waals surface area contributed by atoms with Crippen LogP contribution in [-0.4, -0.2) is 31.1 Å². The van der Waals surface area contributed by atoms with E-state index in [0.29, 0.717) is 4.47 Å². The van der Waals surface area contributed by atoms with Gasteiger partial charge in [-0.25, -0.2) is 4.39 Å². The summed E-state index contributed by atoms with van der Waals surface area (Å²) in [5, 5.41) is 3.35. The molecule has 6 heteroatoms. The summed E-state index contributed by atoms with van der Waals surface area (Å²) in [6.07, 6.45) is 3.88. The summed E-state index contributed by atoms with van der Waals surface area (Å²) in [5.41, 5.74) is 1.06. The molecule has 2 rings (SSSR count). The van der Waals surface area contributed by atoms with Crippen molar-refractivity contribution in [3.63, 3.8) is 0 Å². The minimum Gasteiger partial charge on any atom is -0.314 e. The second-order valence-electron chi connectivity index (χ2n) is 4.84. The van der Waals surface area contributed by atoms with Gasteiger partial charge in [-0.15, -0.1) is 31.4 Å². The van der Waals surface area contributed by atoms with Gasteiger partial charge in [0.15, 0.2) is 0 Å². The van der Waals surface area contributed by atoms with Crippen LogP contribution in [0, 0.1) is 5.82 Å². The van der Waals surface area contributed by atoms with Gasteiger partial charge in [-0.1, -0.05) is 12.1 Å². The van der Waals surface area contributed by atoms with Gasteiger partial charge in [-0.3, -0.25) is 4.90 Å². The molecule has 0 aromatic heterocycles. The molecule has 1 aliphatic rings. The fourth-order valence-electron chi connectivity index (χ4n) is 2.55. The number of hydrogen-bond donors (Lipinski definition) is 1. The zero-order valence-corrected chi connectivity index (χ0v) is 15.1. The van der Waals surface area contributed by atoms with Crippen molar-refractivity contribution < 1.29 is 4.39 Å². The molecule has 2 nitrogen and oxygen atoms in total. The number of benzene rings is 1. The van der Waals surface area contributed by atoms with Gasteiger partial charge in [0, 0.05) is 32.2 Å². The molecule has 1 N–H and O–H groups in total. The number of hydrogen-bond acceptors (Lipinski definition) is 2. The maximum atomic E-state index is 13.7. The molecule has 1 saturated heterocycles. The molecule has 1 atom stereocenters. The average Bonchev–Trinajstić information content (AvgIpc) is 2.44. The first-order valence-electron chi connectivity index (χ1n) is 6.73. The first-order valence-corrected chi connectivity index (χ1v) is 7.52. The quantitative estimate of drug-likeness (QED) is 0.740. The van der Waals surface area contributed by atoms with E-state index in [1.54, 1.807) is 12.1 Å². The van der Waals surface area contributed by atoms with Gasteiger partial charge in [0.1, 0.15) is 5.82 Å². The Kier molecular flexibility index (Phi) is 10.5. The third-order valence-electron chi connectivity index (χ3n) is 3.57. The van der Waals surface area contributed by atoms with Crippen molar-refractivity contribution in [2.24, 2.45) is 0 Å². The molecule has 0 spiro atoms. The Morgan fingerprint density at radius 1 is 1.33 bits per heavy atom.